The maximum Gasteiger partial charge on any atom is 0.404 e. The number of nitrogen functional groups attached to an aromatic ring is 1. The Morgan fingerprint density at radius 1 is 1.24 bits per heavy atom. The Bertz CT molecular complexity index is 674. The lowest BCUT2D eigenvalue weighted by atomic mass is 10.1. The van der Waals surface area contributed by atoms with Crippen LogP contribution in [0.3, 0.4) is 0 Å². The molecule has 0 unspecified atom stereocenters. The molecule has 0 saturated heterocycles. The molecule has 6 N–H and O–H groups in total. The highest BCUT2D eigenvalue weighted by Gasteiger charge is 2.12. The normalized spacial score (nSPS) is 10.1. The molecule has 2 aromatic rings. The Morgan fingerprint density at radius 3 is 2.62 bits per heavy atom. The molecule has 0 atom stereocenters. The number of anilines is 1. The van der Waals surface area contributed by atoms with Crippen LogP contribution in [0.2, 0.25) is 0 Å². The predicted octanol–water partition coefficient (Wildman–Crippen LogP) is 0.346. The molecule has 1 aromatic heterocycles. The first-order chi connectivity index (χ1) is 10.1. The van der Waals surface area contributed by atoms with E-state index in [9.17, 15) is 9.59 Å². The highest BCUT2D eigenvalue weighted by molar-refractivity contribution is 6.09. The number of amides is 2. The molecule has 8 nitrogen and oxygen atoms in total. The Balaban J connectivity index is 2.18. The molecule has 0 radical (unpaired) electrons. The van der Waals surface area contributed by atoms with Crippen LogP contribution < -0.4 is 22.3 Å². The summed E-state index contributed by atoms with van der Waals surface area (Å²) in [4.78, 5) is 26.6. The average molecular weight is 289 g/mol. The van der Waals surface area contributed by atoms with Gasteiger partial charge in [0.05, 0.1) is 12.1 Å². The van der Waals surface area contributed by atoms with Crippen molar-refractivity contribution >= 4 is 28.6 Å². The maximum atomic E-state index is 12.1. The standard InChI is InChI=1S/C13H15N5O3/c14-13(20)21-6-5-16-12(19)10-7-17-11(18-15)9-4-2-1-3-8(9)10/h1-4,7H,5-6,15H2,(H2,14,20)(H,16,19)(H,17,18). The van der Waals surface area contributed by atoms with Crippen molar-refractivity contribution in [3.8, 4) is 0 Å². The highest BCUT2D eigenvalue weighted by Crippen LogP contribution is 2.23. The van der Waals surface area contributed by atoms with Crippen LogP contribution in [0.15, 0.2) is 30.5 Å². The van der Waals surface area contributed by atoms with Gasteiger partial charge in [-0.2, -0.15) is 0 Å². The average Bonchev–Trinajstić information content (AvgIpc) is 2.50. The minimum absolute atomic E-state index is 0.00880. The maximum absolute atomic E-state index is 12.1. The molecule has 110 valence electrons. The summed E-state index contributed by atoms with van der Waals surface area (Å²) in [5, 5.41) is 4.07. The summed E-state index contributed by atoms with van der Waals surface area (Å²) >= 11 is 0. The molecule has 0 fully saturated rings. The van der Waals surface area contributed by atoms with Gasteiger partial charge in [0.25, 0.3) is 5.91 Å². The number of pyridine rings is 1. The molecule has 1 heterocycles. The summed E-state index contributed by atoms with van der Waals surface area (Å²) < 4.78 is 4.53. The number of aromatic nitrogens is 1. The van der Waals surface area contributed by atoms with Crippen LogP contribution in [-0.2, 0) is 4.74 Å². The van der Waals surface area contributed by atoms with Crippen LogP contribution in [0, 0.1) is 0 Å². The van der Waals surface area contributed by atoms with Crippen molar-refractivity contribution in [2.75, 3.05) is 18.6 Å². The summed E-state index contributed by atoms with van der Waals surface area (Å²) in [7, 11) is 0. The lowest BCUT2D eigenvalue weighted by molar-refractivity contribution is 0.0938. The van der Waals surface area contributed by atoms with E-state index in [0.29, 0.717) is 16.8 Å². The fraction of sp³-hybridized carbons (Fsp3) is 0.154. The van der Waals surface area contributed by atoms with Crippen LogP contribution in [0.25, 0.3) is 10.8 Å². The molecule has 2 amide bonds. The van der Waals surface area contributed by atoms with E-state index in [1.165, 1.54) is 6.20 Å². The molecule has 0 aliphatic heterocycles. The Hall–Kier alpha value is -2.87. The summed E-state index contributed by atoms with van der Waals surface area (Å²) in [5.41, 5.74) is 7.72. The predicted molar refractivity (Wildman–Crippen MR) is 77.4 cm³/mol. The first-order valence-corrected chi connectivity index (χ1v) is 6.18. The molecular formula is C13H15N5O3. The van der Waals surface area contributed by atoms with Crippen LogP contribution in [-0.4, -0.2) is 30.1 Å². The summed E-state index contributed by atoms with van der Waals surface area (Å²) in [6.45, 7) is 0.169. The fourth-order valence-corrected chi connectivity index (χ4v) is 1.90. The van der Waals surface area contributed by atoms with E-state index >= 15 is 0 Å². The Kier molecular flexibility index (Phi) is 4.52. The second kappa shape index (κ2) is 6.53. The summed E-state index contributed by atoms with van der Waals surface area (Å²) in [5.74, 6) is 5.56. The van der Waals surface area contributed by atoms with E-state index in [0.717, 1.165) is 5.39 Å². The van der Waals surface area contributed by atoms with E-state index in [1.807, 2.05) is 18.2 Å². The zero-order chi connectivity index (χ0) is 15.2. The highest BCUT2D eigenvalue weighted by atomic mass is 16.5. The largest absolute Gasteiger partial charge is 0.448 e. The van der Waals surface area contributed by atoms with Crippen molar-refractivity contribution in [1.29, 1.82) is 0 Å². The number of hydrogen-bond acceptors (Lipinski definition) is 6. The van der Waals surface area contributed by atoms with E-state index in [2.05, 4.69) is 20.5 Å². The summed E-state index contributed by atoms with van der Waals surface area (Å²) in [6, 6.07) is 7.25. The number of carbonyl (C=O) groups is 2. The van der Waals surface area contributed by atoms with Crippen LogP contribution in [0.1, 0.15) is 10.4 Å². The zero-order valence-corrected chi connectivity index (χ0v) is 11.1. The number of nitrogens with zero attached hydrogens (tertiary/aromatic N) is 1. The van der Waals surface area contributed by atoms with Crippen molar-refractivity contribution in [1.82, 2.24) is 10.3 Å². The quantitative estimate of drug-likeness (QED) is 0.356. The van der Waals surface area contributed by atoms with E-state index in [1.54, 1.807) is 6.07 Å². The van der Waals surface area contributed by atoms with Gasteiger partial charge in [0.15, 0.2) is 0 Å². The molecule has 2 rings (SSSR count). The molecule has 21 heavy (non-hydrogen) atoms. The van der Waals surface area contributed by atoms with Gasteiger partial charge in [-0.25, -0.2) is 15.6 Å². The lowest BCUT2D eigenvalue weighted by Crippen LogP contribution is -2.29. The molecular weight excluding hydrogens is 274 g/mol. The third kappa shape index (κ3) is 3.37. The zero-order valence-electron chi connectivity index (χ0n) is 11.1. The summed E-state index contributed by atoms with van der Waals surface area (Å²) in [6.07, 6.45) is 0.552. The number of nitrogens with two attached hydrogens (primary N) is 2. The molecule has 8 heteroatoms. The van der Waals surface area contributed by atoms with Gasteiger partial charge in [0, 0.05) is 11.6 Å². The van der Waals surface area contributed by atoms with Crippen molar-refractivity contribution in [2.45, 2.75) is 0 Å². The van der Waals surface area contributed by atoms with Gasteiger partial charge in [-0.05, 0) is 5.39 Å². The van der Waals surface area contributed by atoms with Gasteiger partial charge in [-0.3, -0.25) is 4.79 Å². The van der Waals surface area contributed by atoms with Crippen LogP contribution in [0.5, 0.6) is 0 Å². The van der Waals surface area contributed by atoms with Crippen molar-refractivity contribution in [2.24, 2.45) is 11.6 Å². The number of rotatable bonds is 5. The van der Waals surface area contributed by atoms with E-state index in [-0.39, 0.29) is 19.1 Å². The molecule has 0 saturated carbocycles. The number of nitrogens with one attached hydrogen (secondary N) is 2. The number of carbonyl (C=O) groups excluding carboxylic acids is 2. The number of ether oxygens (including phenoxy) is 1. The number of hydrogen-bond donors (Lipinski definition) is 4. The Labute approximate surface area is 120 Å². The number of hydrazine groups is 1. The molecule has 0 aliphatic rings. The van der Waals surface area contributed by atoms with Crippen LogP contribution in [0.4, 0.5) is 10.6 Å². The first-order valence-electron chi connectivity index (χ1n) is 6.18. The van der Waals surface area contributed by atoms with Gasteiger partial charge in [0.1, 0.15) is 12.4 Å². The van der Waals surface area contributed by atoms with Crippen molar-refractivity contribution in [3.63, 3.8) is 0 Å². The minimum atomic E-state index is -0.880. The van der Waals surface area contributed by atoms with Gasteiger partial charge < -0.3 is 21.2 Å². The van der Waals surface area contributed by atoms with Crippen LogP contribution >= 0.6 is 0 Å². The SMILES string of the molecule is NNc1ncc(C(=O)NCCOC(N)=O)c2ccccc12. The van der Waals surface area contributed by atoms with E-state index < -0.39 is 6.09 Å². The first kappa shape index (κ1) is 14.5. The minimum Gasteiger partial charge on any atom is -0.448 e. The number of fused-ring (bicyclic) bond motifs is 1. The number of benzene rings is 1. The molecule has 1 aromatic carbocycles. The second-order valence-electron chi connectivity index (χ2n) is 4.13. The van der Waals surface area contributed by atoms with Gasteiger partial charge in [-0.1, -0.05) is 24.3 Å². The van der Waals surface area contributed by atoms with Gasteiger partial charge in [-0.15, -0.1) is 0 Å². The van der Waals surface area contributed by atoms with Gasteiger partial charge >= 0.3 is 6.09 Å². The van der Waals surface area contributed by atoms with Crippen molar-refractivity contribution in [3.05, 3.63) is 36.0 Å². The molecule has 0 aliphatic carbocycles. The van der Waals surface area contributed by atoms with Crippen molar-refractivity contribution < 1.29 is 14.3 Å². The second-order valence-corrected chi connectivity index (χ2v) is 4.13. The van der Waals surface area contributed by atoms with E-state index in [4.69, 9.17) is 11.6 Å². The smallest absolute Gasteiger partial charge is 0.404 e. The molecule has 0 spiro atoms. The van der Waals surface area contributed by atoms with Gasteiger partial charge in [0.2, 0.25) is 0 Å². The number of primary amides is 1. The third-order valence-electron chi connectivity index (χ3n) is 2.81. The molecule has 0 bridgehead atoms. The lowest BCUT2D eigenvalue weighted by Gasteiger charge is -2.10. The monoisotopic (exact) mass is 289 g/mol. The Morgan fingerprint density at radius 2 is 1.95 bits per heavy atom. The fourth-order valence-electron chi connectivity index (χ4n) is 1.90. The third-order valence-corrected chi connectivity index (χ3v) is 2.81. The topological polar surface area (TPSA) is 132 Å².